The normalized spacial score (nSPS) is 13.7. The van der Waals surface area contributed by atoms with Crippen LogP contribution in [0.3, 0.4) is 0 Å². The lowest BCUT2D eigenvalue weighted by atomic mass is 10.1. The highest BCUT2D eigenvalue weighted by molar-refractivity contribution is 5.31. The van der Waals surface area contributed by atoms with E-state index in [1.165, 1.54) is 5.56 Å². The van der Waals surface area contributed by atoms with Crippen LogP contribution in [0.4, 0.5) is 0 Å². The van der Waals surface area contributed by atoms with E-state index in [0.717, 1.165) is 24.3 Å². The molecule has 1 N–H and O–H groups in total. The fourth-order valence-electron chi connectivity index (χ4n) is 2.70. The number of aliphatic hydroxyl groups excluding tert-OH is 1. The Balaban J connectivity index is 1.92. The molecular formula is C21H29NO2. The molecule has 130 valence electrons. The molecule has 0 saturated carbocycles. The van der Waals surface area contributed by atoms with Crippen LogP contribution < -0.4 is 4.74 Å². The summed E-state index contributed by atoms with van der Waals surface area (Å²) in [6, 6.07) is 18.7. The number of nitrogens with zero attached hydrogens (tertiary/aromatic N) is 1. The van der Waals surface area contributed by atoms with Crippen LogP contribution in [0.1, 0.15) is 31.4 Å². The maximum atomic E-state index is 10.4. The summed E-state index contributed by atoms with van der Waals surface area (Å²) in [5, 5.41) is 10.4. The molecule has 0 unspecified atom stereocenters. The molecule has 0 saturated heterocycles. The molecular weight excluding hydrogens is 298 g/mol. The minimum Gasteiger partial charge on any atom is -0.491 e. The predicted molar refractivity (Wildman–Crippen MR) is 99.3 cm³/mol. The summed E-state index contributed by atoms with van der Waals surface area (Å²) in [5.41, 5.74) is 2.36. The highest BCUT2D eigenvalue weighted by Gasteiger charge is 2.17. The van der Waals surface area contributed by atoms with Crippen LogP contribution in [0.25, 0.3) is 0 Å². The Hall–Kier alpha value is -1.84. The number of ether oxygens (including phenoxy) is 1. The van der Waals surface area contributed by atoms with E-state index in [1.54, 1.807) is 0 Å². The summed E-state index contributed by atoms with van der Waals surface area (Å²) >= 11 is 0. The van der Waals surface area contributed by atoms with Gasteiger partial charge in [-0.25, -0.2) is 0 Å². The van der Waals surface area contributed by atoms with Gasteiger partial charge in [0.05, 0.1) is 0 Å². The van der Waals surface area contributed by atoms with Crippen molar-refractivity contribution in [3.05, 3.63) is 65.7 Å². The molecule has 0 aliphatic carbocycles. The van der Waals surface area contributed by atoms with Crippen LogP contribution in [0.2, 0.25) is 0 Å². The minimum absolute atomic E-state index is 0.312. The highest BCUT2D eigenvalue weighted by atomic mass is 16.5. The smallest absolute Gasteiger partial charge is 0.122 e. The Morgan fingerprint density at radius 2 is 1.71 bits per heavy atom. The van der Waals surface area contributed by atoms with E-state index in [9.17, 15) is 5.11 Å². The molecule has 3 nitrogen and oxygen atoms in total. The second-order valence-electron chi connectivity index (χ2n) is 6.40. The van der Waals surface area contributed by atoms with Gasteiger partial charge < -0.3 is 9.84 Å². The first-order chi connectivity index (χ1) is 11.6. The predicted octanol–water partition coefficient (Wildman–Crippen LogP) is 4.04. The van der Waals surface area contributed by atoms with Gasteiger partial charge >= 0.3 is 0 Å². The lowest BCUT2D eigenvalue weighted by Crippen LogP contribution is -2.40. The van der Waals surface area contributed by atoms with E-state index in [-0.39, 0.29) is 0 Å². The SMILES string of the molecule is CC[C@@H](C)N(Cc1ccccc1)C[C@@H](O)COc1ccccc1C. The van der Waals surface area contributed by atoms with Gasteiger partial charge in [-0.1, -0.05) is 55.5 Å². The number of hydrogen-bond acceptors (Lipinski definition) is 3. The molecule has 0 fully saturated rings. The van der Waals surface area contributed by atoms with Crippen LogP contribution in [-0.4, -0.2) is 35.3 Å². The molecule has 2 atom stereocenters. The van der Waals surface area contributed by atoms with Gasteiger partial charge in [0.2, 0.25) is 0 Å². The number of para-hydroxylation sites is 1. The zero-order valence-electron chi connectivity index (χ0n) is 15.0. The van der Waals surface area contributed by atoms with E-state index < -0.39 is 6.10 Å². The van der Waals surface area contributed by atoms with Crippen molar-refractivity contribution in [2.24, 2.45) is 0 Å². The van der Waals surface area contributed by atoms with Gasteiger partial charge in [-0.15, -0.1) is 0 Å². The molecule has 2 rings (SSSR count). The Morgan fingerprint density at radius 1 is 1.04 bits per heavy atom. The molecule has 0 radical (unpaired) electrons. The lowest BCUT2D eigenvalue weighted by Gasteiger charge is -2.30. The molecule has 2 aromatic carbocycles. The summed E-state index contributed by atoms with van der Waals surface area (Å²) in [6.45, 7) is 8.17. The summed E-state index contributed by atoms with van der Waals surface area (Å²) in [4.78, 5) is 2.32. The van der Waals surface area contributed by atoms with Crippen molar-refractivity contribution in [2.75, 3.05) is 13.2 Å². The molecule has 0 aliphatic heterocycles. The van der Waals surface area contributed by atoms with Crippen LogP contribution in [0.15, 0.2) is 54.6 Å². The van der Waals surface area contributed by atoms with E-state index in [4.69, 9.17) is 4.74 Å². The third kappa shape index (κ3) is 5.66. The van der Waals surface area contributed by atoms with Crippen molar-refractivity contribution in [1.82, 2.24) is 4.90 Å². The molecule has 0 aromatic heterocycles. The van der Waals surface area contributed by atoms with Crippen LogP contribution in [-0.2, 0) is 6.54 Å². The third-order valence-electron chi connectivity index (χ3n) is 4.41. The zero-order chi connectivity index (χ0) is 17.4. The topological polar surface area (TPSA) is 32.7 Å². The molecule has 0 spiro atoms. The number of benzene rings is 2. The number of aryl methyl sites for hydroxylation is 1. The molecule has 0 heterocycles. The van der Waals surface area contributed by atoms with E-state index in [0.29, 0.717) is 19.2 Å². The van der Waals surface area contributed by atoms with Crippen molar-refractivity contribution in [3.63, 3.8) is 0 Å². The van der Waals surface area contributed by atoms with Crippen molar-refractivity contribution < 1.29 is 9.84 Å². The Morgan fingerprint density at radius 3 is 2.38 bits per heavy atom. The van der Waals surface area contributed by atoms with Crippen molar-refractivity contribution >= 4 is 0 Å². The second-order valence-corrected chi connectivity index (χ2v) is 6.40. The van der Waals surface area contributed by atoms with Crippen LogP contribution in [0, 0.1) is 6.92 Å². The highest BCUT2D eigenvalue weighted by Crippen LogP contribution is 2.17. The van der Waals surface area contributed by atoms with Gasteiger partial charge in [-0.05, 0) is 37.5 Å². The molecule has 24 heavy (non-hydrogen) atoms. The molecule has 3 heteroatoms. The van der Waals surface area contributed by atoms with E-state index in [2.05, 4.69) is 43.0 Å². The van der Waals surface area contributed by atoms with Gasteiger partial charge in [0, 0.05) is 19.1 Å². The summed E-state index contributed by atoms with van der Waals surface area (Å²) in [7, 11) is 0. The number of aliphatic hydroxyl groups is 1. The van der Waals surface area contributed by atoms with Gasteiger partial charge in [0.25, 0.3) is 0 Å². The quantitative estimate of drug-likeness (QED) is 0.754. The molecule has 0 aliphatic rings. The fraction of sp³-hybridized carbons (Fsp3) is 0.429. The maximum absolute atomic E-state index is 10.4. The monoisotopic (exact) mass is 327 g/mol. The zero-order valence-corrected chi connectivity index (χ0v) is 15.0. The first kappa shape index (κ1) is 18.5. The lowest BCUT2D eigenvalue weighted by molar-refractivity contribution is 0.0504. The van der Waals surface area contributed by atoms with Gasteiger partial charge in [0.15, 0.2) is 0 Å². The van der Waals surface area contributed by atoms with E-state index >= 15 is 0 Å². The van der Waals surface area contributed by atoms with Gasteiger partial charge in [-0.2, -0.15) is 0 Å². The van der Waals surface area contributed by atoms with E-state index in [1.807, 2.05) is 37.3 Å². The standard InChI is InChI=1S/C21H29NO2/c1-4-18(3)22(14-19-11-6-5-7-12-19)15-20(23)16-24-21-13-9-8-10-17(21)2/h5-13,18,20,23H,4,14-16H2,1-3H3/t18-,20-/m1/s1. The average Bonchev–Trinajstić information content (AvgIpc) is 2.60. The van der Waals surface area contributed by atoms with Crippen LogP contribution in [0.5, 0.6) is 5.75 Å². The van der Waals surface area contributed by atoms with Crippen molar-refractivity contribution in [2.45, 2.75) is 45.9 Å². The Kier molecular flexibility index (Phi) is 7.29. The van der Waals surface area contributed by atoms with Gasteiger partial charge in [0.1, 0.15) is 18.5 Å². The molecule has 0 amide bonds. The largest absolute Gasteiger partial charge is 0.491 e. The Bertz CT molecular complexity index is 600. The Labute approximate surface area is 145 Å². The molecule has 0 bridgehead atoms. The van der Waals surface area contributed by atoms with Crippen molar-refractivity contribution in [1.29, 1.82) is 0 Å². The number of rotatable bonds is 9. The average molecular weight is 327 g/mol. The third-order valence-corrected chi connectivity index (χ3v) is 4.41. The van der Waals surface area contributed by atoms with Crippen molar-refractivity contribution in [3.8, 4) is 5.75 Å². The maximum Gasteiger partial charge on any atom is 0.122 e. The first-order valence-electron chi connectivity index (χ1n) is 8.74. The van der Waals surface area contributed by atoms with Crippen LogP contribution >= 0.6 is 0 Å². The fourth-order valence-corrected chi connectivity index (χ4v) is 2.70. The summed E-state index contributed by atoms with van der Waals surface area (Å²) in [6.07, 6.45) is 0.542. The molecule has 2 aromatic rings. The number of hydrogen-bond donors (Lipinski definition) is 1. The minimum atomic E-state index is -0.512. The summed E-state index contributed by atoms with van der Waals surface area (Å²) < 4.78 is 5.79. The summed E-state index contributed by atoms with van der Waals surface area (Å²) in [5.74, 6) is 0.842. The second kappa shape index (κ2) is 9.45. The first-order valence-corrected chi connectivity index (χ1v) is 8.74. The van der Waals surface area contributed by atoms with Gasteiger partial charge in [-0.3, -0.25) is 4.90 Å².